The fourth-order valence-electron chi connectivity index (χ4n) is 4.47. The van der Waals surface area contributed by atoms with Gasteiger partial charge < -0.3 is 4.74 Å². The molecule has 1 heterocycles. The Morgan fingerprint density at radius 3 is 2.44 bits per heavy atom. The van der Waals surface area contributed by atoms with Gasteiger partial charge in [-0.1, -0.05) is 24.3 Å². The zero-order valence-corrected chi connectivity index (χ0v) is 18.2. The van der Waals surface area contributed by atoms with Crippen LogP contribution < -0.4 is 0 Å². The standard InChI is InChI=1S/C26H26F2N2O2/c1-3-32-24(31)15-17(2)30-26(19-9-13-22(28)14-10-19)23-6-4-5-20(25(23)29-30)16-18-7-11-21(27)12-8-18/h7-16,23,26H,3-6H2,1-2H3/b17-15+,20-16-/t23-,26+/m1/s1. The van der Waals surface area contributed by atoms with E-state index in [2.05, 4.69) is 6.08 Å². The molecule has 2 aliphatic rings. The number of carbonyl (C=O) groups excluding carboxylic acids is 1. The second kappa shape index (κ2) is 9.47. The van der Waals surface area contributed by atoms with Crippen molar-refractivity contribution in [1.29, 1.82) is 0 Å². The topological polar surface area (TPSA) is 41.9 Å². The molecule has 1 aliphatic heterocycles. The first-order valence-electron chi connectivity index (χ1n) is 10.9. The van der Waals surface area contributed by atoms with Crippen LogP contribution in [0.4, 0.5) is 8.78 Å². The van der Waals surface area contributed by atoms with Crippen LogP contribution in [0.5, 0.6) is 0 Å². The van der Waals surface area contributed by atoms with Gasteiger partial charge in [0.1, 0.15) is 11.6 Å². The van der Waals surface area contributed by atoms with E-state index >= 15 is 0 Å². The Balaban J connectivity index is 1.74. The van der Waals surface area contributed by atoms with Crippen LogP contribution in [-0.2, 0) is 9.53 Å². The van der Waals surface area contributed by atoms with Crippen molar-refractivity contribution in [3.63, 3.8) is 0 Å². The van der Waals surface area contributed by atoms with Crippen molar-refractivity contribution in [3.05, 3.63) is 88.6 Å². The van der Waals surface area contributed by atoms with Crippen molar-refractivity contribution in [2.24, 2.45) is 11.0 Å². The molecular formula is C26H26F2N2O2. The van der Waals surface area contributed by atoms with Gasteiger partial charge in [-0.25, -0.2) is 13.6 Å². The number of allylic oxidation sites excluding steroid dienone is 2. The van der Waals surface area contributed by atoms with Crippen LogP contribution in [0.3, 0.4) is 0 Å². The van der Waals surface area contributed by atoms with Crippen LogP contribution in [0.15, 0.2) is 71.0 Å². The molecule has 0 N–H and O–H groups in total. The highest BCUT2D eigenvalue weighted by atomic mass is 19.1. The molecule has 2 aromatic rings. The van der Waals surface area contributed by atoms with Crippen LogP contribution in [0.25, 0.3) is 6.08 Å². The van der Waals surface area contributed by atoms with E-state index in [4.69, 9.17) is 9.84 Å². The number of rotatable bonds is 5. The Kier molecular flexibility index (Phi) is 6.49. The summed E-state index contributed by atoms with van der Waals surface area (Å²) < 4.78 is 32.0. The molecule has 4 nitrogen and oxygen atoms in total. The van der Waals surface area contributed by atoms with Gasteiger partial charge in [0.2, 0.25) is 0 Å². The highest BCUT2D eigenvalue weighted by Crippen LogP contribution is 2.45. The summed E-state index contributed by atoms with van der Waals surface area (Å²) in [7, 11) is 0. The first-order valence-corrected chi connectivity index (χ1v) is 10.9. The number of halogens is 2. The lowest BCUT2D eigenvalue weighted by molar-refractivity contribution is -0.137. The molecule has 0 unspecified atom stereocenters. The van der Waals surface area contributed by atoms with E-state index in [9.17, 15) is 13.6 Å². The zero-order valence-electron chi connectivity index (χ0n) is 18.2. The summed E-state index contributed by atoms with van der Waals surface area (Å²) in [4.78, 5) is 12.1. The molecule has 0 radical (unpaired) electrons. The predicted octanol–water partition coefficient (Wildman–Crippen LogP) is 6.03. The SMILES string of the molecule is CCOC(=O)/C=C(\C)N1N=C2/C(=C\c3ccc(F)cc3)CCC[C@H]2[C@@H]1c1ccc(F)cc1. The zero-order chi connectivity index (χ0) is 22.7. The van der Waals surface area contributed by atoms with Gasteiger partial charge in [0.05, 0.1) is 18.4 Å². The molecule has 0 saturated heterocycles. The Morgan fingerprint density at radius 2 is 1.78 bits per heavy atom. The molecule has 32 heavy (non-hydrogen) atoms. The third kappa shape index (κ3) is 4.64. The van der Waals surface area contributed by atoms with Crippen LogP contribution >= 0.6 is 0 Å². The number of nitrogens with zero attached hydrogens (tertiary/aromatic N) is 2. The molecule has 1 aliphatic carbocycles. The highest BCUT2D eigenvalue weighted by Gasteiger charge is 2.41. The lowest BCUT2D eigenvalue weighted by atomic mass is 9.77. The number of carbonyl (C=O) groups is 1. The first-order chi connectivity index (χ1) is 15.5. The molecule has 0 spiro atoms. The predicted molar refractivity (Wildman–Crippen MR) is 121 cm³/mol. The molecule has 2 atom stereocenters. The van der Waals surface area contributed by atoms with Crippen LogP contribution in [0.1, 0.15) is 50.3 Å². The van der Waals surface area contributed by atoms with Crippen molar-refractivity contribution in [2.75, 3.05) is 6.61 Å². The summed E-state index contributed by atoms with van der Waals surface area (Å²) in [6.07, 6.45) is 6.30. The van der Waals surface area contributed by atoms with Gasteiger partial charge in [-0.15, -0.1) is 0 Å². The second-order valence-corrected chi connectivity index (χ2v) is 8.08. The largest absolute Gasteiger partial charge is 0.463 e. The van der Waals surface area contributed by atoms with Gasteiger partial charge in [-0.3, -0.25) is 5.01 Å². The minimum Gasteiger partial charge on any atom is -0.463 e. The minimum absolute atomic E-state index is 0.103. The van der Waals surface area contributed by atoms with Crippen molar-refractivity contribution < 1.29 is 18.3 Å². The average molecular weight is 437 g/mol. The summed E-state index contributed by atoms with van der Waals surface area (Å²) in [6, 6.07) is 12.7. The first kappa shape index (κ1) is 21.9. The Morgan fingerprint density at radius 1 is 1.12 bits per heavy atom. The molecule has 166 valence electrons. The van der Waals surface area contributed by atoms with Gasteiger partial charge in [0.15, 0.2) is 0 Å². The third-order valence-electron chi connectivity index (χ3n) is 5.90. The van der Waals surface area contributed by atoms with E-state index < -0.39 is 5.97 Å². The fraction of sp³-hybridized carbons (Fsp3) is 0.308. The number of hydrogen-bond acceptors (Lipinski definition) is 4. The van der Waals surface area contributed by atoms with E-state index in [1.165, 1.54) is 30.3 Å². The maximum Gasteiger partial charge on any atom is 0.332 e. The lowest BCUT2D eigenvalue weighted by Gasteiger charge is -2.31. The average Bonchev–Trinajstić information content (AvgIpc) is 3.17. The van der Waals surface area contributed by atoms with Crippen LogP contribution in [0.2, 0.25) is 0 Å². The van der Waals surface area contributed by atoms with Gasteiger partial charge in [-0.05, 0) is 80.2 Å². The molecule has 0 bridgehead atoms. The molecule has 1 saturated carbocycles. The second-order valence-electron chi connectivity index (χ2n) is 8.08. The molecule has 0 aromatic heterocycles. The van der Waals surface area contributed by atoms with Crippen molar-refractivity contribution in [2.45, 2.75) is 39.2 Å². The van der Waals surface area contributed by atoms with E-state index in [-0.39, 0.29) is 23.6 Å². The minimum atomic E-state index is -0.417. The summed E-state index contributed by atoms with van der Waals surface area (Å²) in [5.74, 6) is -0.876. The van der Waals surface area contributed by atoms with Gasteiger partial charge in [0.25, 0.3) is 0 Å². The molecule has 4 rings (SSSR count). The molecule has 6 heteroatoms. The summed E-state index contributed by atoms with van der Waals surface area (Å²) in [6.45, 7) is 3.89. The lowest BCUT2D eigenvalue weighted by Crippen LogP contribution is -2.27. The maximum absolute atomic E-state index is 13.6. The van der Waals surface area contributed by atoms with E-state index in [1.54, 1.807) is 31.2 Å². The smallest absolute Gasteiger partial charge is 0.332 e. The Labute approximate surface area is 186 Å². The summed E-state index contributed by atoms with van der Waals surface area (Å²) in [5.41, 5.74) is 4.59. The normalized spacial score (nSPS) is 22.0. The quantitative estimate of drug-likeness (QED) is 0.425. The van der Waals surface area contributed by atoms with Crippen molar-refractivity contribution in [1.82, 2.24) is 5.01 Å². The number of esters is 1. The molecule has 2 aromatic carbocycles. The third-order valence-corrected chi connectivity index (χ3v) is 5.90. The van der Waals surface area contributed by atoms with Gasteiger partial charge in [0, 0.05) is 17.7 Å². The number of ether oxygens (including phenoxy) is 1. The monoisotopic (exact) mass is 436 g/mol. The maximum atomic E-state index is 13.6. The van der Waals surface area contributed by atoms with Gasteiger partial charge in [-0.2, -0.15) is 5.10 Å². The van der Waals surface area contributed by atoms with E-state index in [0.29, 0.717) is 12.3 Å². The van der Waals surface area contributed by atoms with Crippen molar-refractivity contribution >= 4 is 17.8 Å². The number of benzene rings is 2. The number of hydrogen-bond donors (Lipinski definition) is 0. The van der Waals surface area contributed by atoms with E-state index in [1.807, 2.05) is 11.9 Å². The molecule has 0 amide bonds. The number of hydrazone groups is 1. The van der Waals surface area contributed by atoms with Gasteiger partial charge >= 0.3 is 5.97 Å². The molecular weight excluding hydrogens is 410 g/mol. The highest BCUT2D eigenvalue weighted by molar-refractivity contribution is 6.07. The summed E-state index contributed by atoms with van der Waals surface area (Å²) >= 11 is 0. The van der Waals surface area contributed by atoms with E-state index in [0.717, 1.165) is 41.7 Å². The Hall–Kier alpha value is -3.28. The Bertz CT molecular complexity index is 1070. The summed E-state index contributed by atoms with van der Waals surface area (Å²) in [5, 5.41) is 6.79. The number of fused-ring (bicyclic) bond motifs is 1. The van der Waals surface area contributed by atoms with Crippen LogP contribution in [0, 0.1) is 17.6 Å². The molecule has 1 fully saturated rings. The fourth-order valence-corrected chi connectivity index (χ4v) is 4.47. The van der Waals surface area contributed by atoms with Crippen LogP contribution in [-0.4, -0.2) is 23.3 Å². The van der Waals surface area contributed by atoms with Crippen molar-refractivity contribution in [3.8, 4) is 0 Å².